The average Bonchev–Trinajstić information content (AvgIpc) is 0.830. The molecule has 546 valence electrons. The molecule has 1 fully saturated rings. The second-order valence-corrected chi connectivity index (χ2v) is 28.4. The molecule has 2 amide bonds. The molecule has 0 unspecified atom stereocenters. The summed E-state index contributed by atoms with van der Waals surface area (Å²) in [7, 11) is 0. The lowest BCUT2D eigenvalue weighted by atomic mass is 9.80. The Kier molecular flexibility index (Phi) is 46.7. The third kappa shape index (κ3) is 37.1. The van der Waals surface area contributed by atoms with Gasteiger partial charge >= 0.3 is 6.03 Å². The molecule has 0 bridgehead atoms. The van der Waals surface area contributed by atoms with Crippen LogP contribution in [0.5, 0.6) is 0 Å². The fourth-order valence-electron chi connectivity index (χ4n) is 14.0. The first-order valence-corrected chi connectivity index (χ1v) is 40.1. The number of nitrogens with one attached hydrogen (secondary N) is 2. The minimum Gasteiger partial charge on any atom is -0.381 e. The molecule has 10 heteroatoms. The van der Waals surface area contributed by atoms with Crippen molar-refractivity contribution >= 4 is 6.03 Å². The van der Waals surface area contributed by atoms with Crippen molar-refractivity contribution < 1.29 is 38.0 Å². The van der Waals surface area contributed by atoms with Crippen LogP contribution in [0.4, 0.5) is 4.79 Å². The highest BCUT2D eigenvalue weighted by Gasteiger charge is 2.49. The Balaban J connectivity index is 1.18. The molecule has 2 N–H and O–H groups in total. The van der Waals surface area contributed by atoms with E-state index in [1.165, 1.54) is 193 Å². The van der Waals surface area contributed by atoms with Crippen molar-refractivity contribution in [2.75, 3.05) is 26.4 Å². The second-order valence-electron chi connectivity index (χ2n) is 28.4. The number of hydrogen-bond donors (Lipinski definition) is 2. The van der Waals surface area contributed by atoms with Crippen LogP contribution < -0.4 is 10.6 Å². The van der Waals surface area contributed by atoms with Crippen LogP contribution in [0, 0.1) is 5.92 Å². The number of carbonyl (C=O) groups excluding carboxylic acids is 1. The maximum atomic E-state index is 14.7. The number of rotatable bonds is 61. The molecule has 1 saturated carbocycles. The van der Waals surface area contributed by atoms with Crippen molar-refractivity contribution in [1.82, 2.24) is 10.6 Å². The first kappa shape index (κ1) is 82.0. The Bertz CT molecular complexity index is 2580. The van der Waals surface area contributed by atoms with Gasteiger partial charge in [0.15, 0.2) is 0 Å². The molecule has 0 saturated heterocycles. The topological polar surface area (TPSA) is 106 Å². The smallest absolute Gasteiger partial charge is 0.315 e. The maximum absolute atomic E-state index is 14.7. The Morgan fingerprint density at radius 1 is 0.378 bits per heavy atom. The van der Waals surface area contributed by atoms with Gasteiger partial charge in [-0.3, -0.25) is 0 Å². The average molecular weight is 1350 g/mol. The summed E-state index contributed by atoms with van der Waals surface area (Å²) in [6, 6.07) is 51.0. The van der Waals surface area contributed by atoms with E-state index in [0.717, 1.165) is 66.3 Å². The molecule has 5 aromatic carbocycles. The van der Waals surface area contributed by atoms with Crippen LogP contribution in [-0.2, 0) is 66.2 Å². The van der Waals surface area contributed by atoms with E-state index in [9.17, 15) is 4.79 Å². The summed E-state index contributed by atoms with van der Waals surface area (Å²) < 4.78 is 49.9. The number of unbranched alkanes of at least 4 members (excludes halogenated alkanes) is 32. The minimum absolute atomic E-state index is 0.112. The van der Waals surface area contributed by atoms with Gasteiger partial charge in [0.1, 0.15) is 18.3 Å². The molecule has 10 nitrogen and oxygen atoms in total. The van der Waals surface area contributed by atoms with Crippen molar-refractivity contribution in [1.29, 1.82) is 0 Å². The van der Waals surface area contributed by atoms with Gasteiger partial charge in [-0.05, 0) is 53.5 Å². The first-order valence-electron chi connectivity index (χ1n) is 40.1. The summed E-state index contributed by atoms with van der Waals surface area (Å²) in [5.74, 6) is -0.112. The Morgan fingerprint density at radius 3 is 1.12 bits per heavy atom. The molecule has 1 aliphatic rings. The van der Waals surface area contributed by atoms with Crippen LogP contribution in [0.25, 0.3) is 0 Å². The number of urea groups is 1. The van der Waals surface area contributed by atoms with Crippen molar-refractivity contribution in [2.45, 2.75) is 334 Å². The lowest BCUT2D eigenvalue weighted by Gasteiger charge is -2.46. The zero-order chi connectivity index (χ0) is 68.7. The van der Waals surface area contributed by atoms with E-state index >= 15 is 0 Å². The summed E-state index contributed by atoms with van der Waals surface area (Å²) >= 11 is 0. The van der Waals surface area contributed by atoms with Crippen LogP contribution in [0.2, 0.25) is 0 Å². The highest BCUT2D eigenvalue weighted by atomic mass is 16.6. The molecule has 6 rings (SSSR count). The number of amides is 2. The molecule has 1 aliphatic carbocycles. The fourth-order valence-corrected chi connectivity index (χ4v) is 14.0. The fraction of sp³-hybridized carbons (Fsp3) is 0.648. The molecule has 0 aliphatic heterocycles. The van der Waals surface area contributed by atoms with E-state index in [-0.39, 0.29) is 24.7 Å². The third-order valence-electron chi connectivity index (χ3n) is 19.9. The first-order chi connectivity index (χ1) is 48.5. The predicted octanol–water partition coefficient (Wildman–Crippen LogP) is 23.1. The molecule has 98 heavy (non-hydrogen) atoms. The monoisotopic (exact) mass is 1350 g/mol. The largest absolute Gasteiger partial charge is 0.381 e. The SMILES string of the molecule is CCCCCCCCCCCCCCCCCCCCCCCCNC(=O)N[C@@H](CO[C@H]1C[C@H](COCCC)[C@H](OCc2ccccc2)[C@H](OCc2ccccc2)[C@H]1OCc1ccccc1)[C@H](OCc1ccccc1)[C@@H](CCCCCCCCCCCCCC)OCc1ccccc1. The van der Waals surface area contributed by atoms with Crippen LogP contribution in [-0.4, -0.2) is 75.1 Å². The van der Waals surface area contributed by atoms with E-state index < -0.39 is 36.6 Å². The van der Waals surface area contributed by atoms with Crippen molar-refractivity contribution in [3.63, 3.8) is 0 Å². The molecular weight excluding hydrogens is 1210 g/mol. The molecular formula is C88H136N2O8. The standard InChI is InChI=1S/C88H136N2O8/c1-4-7-9-11-13-15-17-19-20-21-22-23-24-25-26-27-28-30-32-34-36-53-65-89-88(91)90-81(85(96-70-77-58-46-39-47-59-77)82(93-68-75-54-42-37-43-55-75)64-52-35-33-31-29-18-16-14-12-10-8-5-2)74-94-83-67-80(73-92-66-6-3)84(95-69-76-56-44-38-45-57-76)87(98-72-79-62-50-41-51-63-79)86(83)97-71-78-60-48-40-49-61-78/h37-51,54-63,80-87H,4-36,52-53,64-74H2,1-3H3,(H2,89,90,91)/t80-,81+,82-,83+,84+,85+,86+,87+/m1/s1. The van der Waals surface area contributed by atoms with Crippen molar-refractivity contribution in [2.24, 2.45) is 5.92 Å². The summed E-state index contributed by atoms with van der Waals surface area (Å²) in [6.45, 7) is 10.4. The van der Waals surface area contributed by atoms with E-state index in [1.54, 1.807) is 0 Å². The van der Waals surface area contributed by atoms with Gasteiger partial charge in [0.05, 0.1) is 70.6 Å². The maximum Gasteiger partial charge on any atom is 0.315 e. The third-order valence-corrected chi connectivity index (χ3v) is 19.9. The summed E-state index contributed by atoms with van der Waals surface area (Å²) in [5.41, 5.74) is 5.34. The summed E-state index contributed by atoms with van der Waals surface area (Å²) in [5, 5.41) is 6.82. The normalized spacial score (nSPS) is 17.2. The van der Waals surface area contributed by atoms with Crippen LogP contribution >= 0.6 is 0 Å². The Labute approximate surface area is 597 Å². The lowest BCUT2D eigenvalue weighted by molar-refractivity contribution is -0.235. The Hall–Kier alpha value is -4.91. The molecule has 0 spiro atoms. The summed E-state index contributed by atoms with van der Waals surface area (Å²) in [6.07, 6.45) is 44.0. The van der Waals surface area contributed by atoms with Gasteiger partial charge in [0, 0.05) is 19.1 Å². The van der Waals surface area contributed by atoms with Crippen molar-refractivity contribution in [3.05, 3.63) is 179 Å². The van der Waals surface area contributed by atoms with Gasteiger partial charge in [0.25, 0.3) is 0 Å². The Morgan fingerprint density at radius 2 is 0.724 bits per heavy atom. The van der Waals surface area contributed by atoms with Gasteiger partial charge in [0.2, 0.25) is 0 Å². The predicted molar refractivity (Wildman–Crippen MR) is 407 cm³/mol. The van der Waals surface area contributed by atoms with Gasteiger partial charge < -0.3 is 43.8 Å². The number of carbonyl (C=O) groups is 1. The molecule has 8 atom stereocenters. The second kappa shape index (κ2) is 55.7. The van der Waals surface area contributed by atoms with Gasteiger partial charge in [-0.1, -0.05) is 384 Å². The van der Waals surface area contributed by atoms with E-state index in [2.05, 4.69) is 159 Å². The lowest BCUT2D eigenvalue weighted by Crippen LogP contribution is -2.60. The van der Waals surface area contributed by atoms with E-state index in [1.807, 2.05) is 24.3 Å². The number of ether oxygens (including phenoxy) is 7. The zero-order valence-corrected chi connectivity index (χ0v) is 61.8. The zero-order valence-electron chi connectivity index (χ0n) is 61.8. The van der Waals surface area contributed by atoms with Gasteiger partial charge in [-0.2, -0.15) is 0 Å². The molecule has 0 radical (unpaired) electrons. The van der Waals surface area contributed by atoms with Crippen LogP contribution in [0.15, 0.2) is 152 Å². The highest BCUT2D eigenvalue weighted by molar-refractivity contribution is 5.74. The van der Waals surface area contributed by atoms with E-state index in [0.29, 0.717) is 59.2 Å². The molecule has 0 aromatic heterocycles. The van der Waals surface area contributed by atoms with E-state index in [4.69, 9.17) is 33.2 Å². The van der Waals surface area contributed by atoms with Crippen LogP contribution in [0.1, 0.15) is 286 Å². The van der Waals surface area contributed by atoms with Gasteiger partial charge in [-0.25, -0.2) is 4.79 Å². The van der Waals surface area contributed by atoms with Gasteiger partial charge in [-0.15, -0.1) is 0 Å². The molecule has 5 aromatic rings. The highest BCUT2D eigenvalue weighted by Crippen LogP contribution is 2.37. The minimum atomic E-state index is -0.623. The van der Waals surface area contributed by atoms with Crippen molar-refractivity contribution in [3.8, 4) is 0 Å². The van der Waals surface area contributed by atoms with Crippen LogP contribution in [0.3, 0.4) is 0 Å². The number of benzene rings is 5. The molecule has 0 heterocycles. The quantitative estimate of drug-likeness (QED) is 0.0371. The summed E-state index contributed by atoms with van der Waals surface area (Å²) in [4.78, 5) is 14.7. The number of hydrogen-bond acceptors (Lipinski definition) is 8.